The molecular formula is C60H46N4O6. The second-order valence-electron chi connectivity index (χ2n) is 16.6. The summed E-state index contributed by atoms with van der Waals surface area (Å²) in [6.07, 6.45) is 0. The van der Waals surface area contributed by atoms with Gasteiger partial charge in [0.15, 0.2) is 0 Å². The van der Waals surface area contributed by atoms with Gasteiger partial charge < -0.3 is 50.2 Å². The third-order valence-corrected chi connectivity index (χ3v) is 12.0. The second-order valence-corrected chi connectivity index (χ2v) is 16.6. The van der Waals surface area contributed by atoms with Crippen molar-refractivity contribution in [1.82, 2.24) is 0 Å². The van der Waals surface area contributed by atoms with E-state index in [2.05, 4.69) is 58.3 Å². The van der Waals surface area contributed by atoms with Gasteiger partial charge in [0, 0.05) is 68.2 Å². The van der Waals surface area contributed by atoms with Gasteiger partial charge in [-0.3, -0.25) is 0 Å². The number of hydrogen-bond acceptors (Lipinski definition) is 10. The number of anilines is 12. The molecule has 10 rings (SSSR count). The molecule has 0 aromatic heterocycles. The molecular weight excluding hydrogens is 873 g/mol. The Morgan fingerprint density at radius 3 is 0.371 bits per heavy atom. The average molecular weight is 919 g/mol. The van der Waals surface area contributed by atoms with Gasteiger partial charge in [0.25, 0.3) is 0 Å². The predicted octanol–water partition coefficient (Wildman–Crippen LogP) is 15.5. The number of hydrogen-bond donors (Lipinski definition) is 6. The fraction of sp³-hybridized carbons (Fsp3) is 0. The number of phenols is 6. The molecule has 0 saturated carbocycles. The van der Waals surface area contributed by atoms with Crippen LogP contribution in [0.1, 0.15) is 0 Å². The molecule has 10 aromatic carbocycles. The first-order valence-electron chi connectivity index (χ1n) is 22.5. The molecule has 342 valence electrons. The van der Waals surface area contributed by atoms with Gasteiger partial charge in [0.2, 0.25) is 0 Å². The molecule has 0 atom stereocenters. The van der Waals surface area contributed by atoms with Crippen molar-refractivity contribution in [2.24, 2.45) is 0 Å². The molecule has 0 aliphatic rings. The van der Waals surface area contributed by atoms with Crippen molar-refractivity contribution < 1.29 is 30.6 Å². The van der Waals surface area contributed by atoms with Crippen LogP contribution in [0, 0.1) is 0 Å². The lowest BCUT2D eigenvalue weighted by Crippen LogP contribution is -2.12. The lowest BCUT2D eigenvalue weighted by atomic mass is 10.0. The monoisotopic (exact) mass is 918 g/mol. The van der Waals surface area contributed by atoms with Crippen LogP contribution >= 0.6 is 0 Å². The summed E-state index contributed by atoms with van der Waals surface area (Å²) in [5.74, 6) is 0.991. The molecule has 0 heterocycles. The minimum atomic E-state index is 0.164. The highest BCUT2D eigenvalue weighted by molar-refractivity contribution is 5.85. The van der Waals surface area contributed by atoms with Crippen LogP contribution in [-0.2, 0) is 0 Å². The number of aromatic hydroxyl groups is 6. The summed E-state index contributed by atoms with van der Waals surface area (Å²) in [6, 6.07) is 75.0. The maximum atomic E-state index is 10.2. The molecule has 0 spiro atoms. The summed E-state index contributed by atoms with van der Waals surface area (Å²) in [5, 5.41) is 60.6. The van der Waals surface area contributed by atoms with Crippen molar-refractivity contribution in [3.05, 3.63) is 243 Å². The van der Waals surface area contributed by atoms with Gasteiger partial charge in [-0.25, -0.2) is 0 Å². The summed E-state index contributed by atoms with van der Waals surface area (Å²) >= 11 is 0. The van der Waals surface area contributed by atoms with Crippen LogP contribution in [0.3, 0.4) is 0 Å². The Hall–Kier alpha value is -9.80. The van der Waals surface area contributed by atoms with Crippen LogP contribution in [0.15, 0.2) is 243 Å². The van der Waals surface area contributed by atoms with Gasteiger partial charge in [0.1, 0.15) is 34.5 Å². The van der Waals surface area contributed by atoms with Gasteiger partial charge in [-0.2, -0.15) is 0 Å². The Labute approximate surface area is 405 Å². The van der Waals surface area contributed by atoms with Crippen molar-refractivity contribution in [2.45, 2.75) is 0 Å². The van der Waals surface area contributed by atoms with E-state index in [1.807, 2.05) is 131 Å². The number of rotatable bonds is 13. The van der Waals surface area contributed by atoms with Gasteiger partial charge >= 0.3 is 0 Å². The van der Waals surface area contributed by atoms with E-state index in [0.29, 0.717) is 0 Å². The topological polar surface area (TPSA) is 134 Å². The van der Waals surface area contributed by atoms with Crippen LogP contribution in [0.25, 0.3) is 11.1 Å². The Kier molecular flexibility index (Phi) is 12.1. The first-order valence-corrected chi connectivity index (χ1v) is 22.5. The van der Waals surface area contributed by atoms with E-state index >= 15 is 0 Å². The van der Waals surface area contributed by atoms with Crippen LogP contribution in [0.4, 0.5) is 68.2 Å². The molecule has 0 radical (unpaired) electrons. The molecule has 0 saturated heterocycles. The molecule has 10 nitrogen and oxygen atoms in total. The molecule has 10 heteroatoms. The summed E-state index contributed by atoms with van der Waals surface area (Å²) in [7, 11) is 0. The van der Waals surface area contributed by atoms with Crippen molar-refractivity contribution in [2.75, 3.05) is 19.6 Å². The molecule has 10 aromatic rings. The van der Waals surface area contributed by atoms with Crippen LogP contribution in [-0.4, -0.2) is 30.6 Å². The maximum Gasteiger partial charge on any atom is 0.115 e. The van der Waals surface area contributed by atoms with Gasteiger partial charge in [0.05, 0.1) is 0 Å². The zero-order chi connectivity index (χ0) is 48.1. The fourth-order valence-electron chi connectivity index (χ4n) is 8.51. The third kappa shape index (κ3) is 9.42. The molecule has 0 unspecified atom stereocenters. The van der Waals surface area contributed by atoms with E-state index in [1.165, 1.54) is 0 Å². The molecule has 0 aliphatic heterocycles. The van der Waals surface area contributed by atoms with Gasteiger partial charge in [-0.15, -0.1) is 0 Å². The lowest BCUT2D eigenvalue weighted by Gasteiger charge is -2.28. The summed E-state index contributed by atoms with van der Waals surface area (Å²) in [6.45, 7) is 0. The van der Waals surface area contributed by atoms with Gasteiger partial charge in [-0.05, 0) is 230 Å². The quantitative estimate of drug-likeness (QED) is 0.0664. The Morgan fingerprint density at radius 2 is 0.243 bits per heavy atom. The average Bonchev–Trinajstić information content (AvgIpc) is 3.39. The van der Waals surface area contributed by atoms with Crippen LogP contribution in [0.2, 0.25) is 0 Å². The van der Waals surface area contributed by atoms with E-state index in [9.17, 15) is 30.6 Å². The Morgan fingerprint density at radius 1 is 0.143 bits per heavy atom. The van der Waals surface area contributed by atoms with Crippen molar-refractivity contribution in [1.29, 1.82) is 0 Å². The van der Waals surface area contributed by atoms with Gasteiger partial charge in [-0.1, -0.05) is 24.3 Å². The zero-order valence-electron chi connectivity index (χ0n) is 37.6. The summed E-state index contributed by atoms with van der Waals surface area (Å²) < 4.78 is 0. The van der Waals surface area contributed by atoms with E-state index in [1.54, 1.807) is 72.8 Å². The number of phenolic OH excluding ortho intramolecular Hbond substituents is 6. The van der Waals surface area contributed by atoms with E-state index in [4.69, 9.17) is 0 Å². The lowest BCUT2D eigenvalue weighted by molar-refractivity contribution is 0.474. The highest BCUT2D eigenvalue weighted by Gasteiger charge is 2.19. The zero-order valence-corrected chi connectivity index (χ0v) is 37.6. The van der Waals surface area contributed by atoms with E-state index in [-0.39, 0.29) is 34.5 Å². The SMILES string of the molecule is Oc1ccc(N(c2ccc(O)cc2)c2ccc(N(c3ccc(O)cc3)c3ccc(-c4ccc(N(c5ccc(O)cc5)c5ccc(N(c6ccc(O)cc6)c6ccc(O)cc6)cc5)cc4)cc3)cc2)cc1. The highest BCUT2D eigenvalue weighted by Crippen LogP contribution is 2.43. The first-order chi connectivity index (χ1) is 34.1. The molecule has 0 amide bonds. The minimum Gasteiger partial charge on any atom is -0.508 e. The summed E-state index contributed by atoms with van der Waals surface area (Å²) in [5.41, 5.74) is 12.4. The highest BCUT2D eigenvalue weighted by atomic mass is 16.3. The predicted molar refractivity (Wildman–Crippen MR) is 281 cm³/mol. The molecule has 70 heavy (non-hydrogen) atoms. The van der Waals surface area contributed by atoms with Crippen molar-refractivity contribution in [3.8, 4) is 45.6 Å². The van der Waals surface area contributed by atoms with Crippen LogP contribution in [0.5, 0.6) is 34.5 Å². The normalized spacial score (nSPS) is 10.9. The molecule has 0 bridgehead atoms. The largest absolute Gasteiger partial charge is 0.508 e. The van der Waals surface area contributed by atoms with E-state index < -0.39 is 0 Å². The maximum absolute atomic E-state index is 10.2. The smallest absolute Gasteiger partial charge is 0.115 e. The summed E-state index contributed by atoms with van der Waals surface area (Å²) in [4.78, 5) is 8.33. The number of nitrogens with zero attached hydrogens (tertiary/aromatic N) is 4. The molecule has 6 N–H and O–H groups in total. The molecule has 0 fully saturated rings. The number of benzene rings is 10. The fourth-order valence-corrected chi connectivity index (χ4v) is 8.51. The van der Waals surface area contributed by atoms with Crippen molar-refractivity contribution in [3.63, 3.8) is 0 Å². The minimum absolute atomic E-state index is 0.164. The van der Waals surface area contributed by atoms with Crippen molar-refractivity contribution >= 4 is 68.2 Å². The third-order valence-electron chi connectivity index (χ3n) is 12.0. The standard InChI is InChI=1S/C60H46N4O6/c65-55-29-17-49(18-30-55)61(45-9-13-47(14-10-45)63(51-21-33-57(67)34-22-51)52-23-35-58(68)36-24-52)43-5-1-41(2-6-43)42-3-7-44(8-4-42)62(50-19-31-56(66)32-20-50)46-11-15-48(16-12-46)64(53-25-37-59(69)38-26-53)54-27-39-60(70)40-28-54/h1-40,65-70H. The molecule has 0 aliphatic carbocycles. The first kappa shape index (κ1) is 44.1. The Bertz CT molecular complexity index is 3000. The van der Waals surface area contributed by atoms with E-state index in [0.717, 1.165) is 79.4 Å². The van der Waals surface area contributed by atoms with Crippen LogP contribution < -0.4 is 19.6 Å². The Balaban J connectivity index is 0.945. The second kappa shape index (κ2) is 19.2.